The first-order valence-corrected chi connectivity index (χ1v) is 11.3. The first kappa shape index (κ1) is 21.9. The molecule has 0 saturated carbocycles. The standard InChI is InChI=1S/C18H28NO4PS/c1-4-6-7-8-9-10-13-22-24(25,21-5-2)23-18-14-16(15-19)11-12-17(18)20-3/h11-12,14H,4-10,13H2,1-3H3. The lowest BCUT2D eigenvalue weighted by molar-refractivity contribution is 0.204. The summed E-state index contributed by atoms with van der Waals surface area (Å²) in [5.74, 6) is 0.873. The third kappa shape index (κ3) is 8.20. The number of hydrogen-bond acceptors (Lipinski definition) is 6. The molecule has 0 aliphatic carbocycles. The van der Waals surface area contributed by atoms with Gasteiger partial charge in [0.15, 0.2) is 11.5 Å². The molecule has 0 aliphatic heterocycles. The lowest BCUT2D eigenvalue weighted by Crippen LogP contribution is -2.04. The van der Waals surface area contributed by atoms with E-state index in [-0.39, 0.29) is 0 Å². The first-order valence-electron chi connectivity index (χ1n) is 8.75. The maximum absolute atomic E-state index is 9.06. The smallest absolute Gasteiger partial charge is 0.380 e. The molecule has 1 aromatic rings. The number of nitriles is 1. The average molecular weight is 385 g/mol. The SMILES string of the molecule is CCCCCCCCOP(=S)(OCC)Oc1cc(C#N)ccc1OC. The molecule has 0 saturated heterocycles. The minimum absolute atomic E-state index is 0.376. The normalized spacial score (nSPS) is 13.0. The number of ether oxygens (including phenoxy) is 1. The van der Waals surface area contributed by atoms with Crippen molar-refractivity contribution in [2.75, 3.05) is 20.3 Å². The Balaban J connectivity index is 2.66. The van der Waals surface area contributed by atoms with Gasteiger partial charge in [0.25, 0.3) is 0 Å². The molecule has 0 heterocycles. The summed E-state index contributed by atoms with van der Waals surface area (Å²) in [6.45, 7) is 2.02. The van der Waals surface area contributed by atoms with E-state index >= 15 is 0 Å². The van der Waals surface area contributed by atoms with Crippen molar-refractivity contribution in [2.24, 2.45) is 0 Å². The van der Waals surface area contributed by atoms with E-state index in [0.717, 1.165) is 12.8 Å². The van der Waals surface area contributed by atoms with Crippen LogP contribution in [0.2, 0.25) is 0 Å². The topological polar surface area (TPSA) is 60.7 Å². The van der Waals surface area contributed by atoms with Crippen molar-refractivity contribution in [1.29, 1.82) is 5.26 Å². The second-order valence-electron chi connectivity index (χ2n) is 5.53. The quantitative estimate of drug-likeness (QED) is 0.326. The summed E-state index contributed by atoms with van der Waals surface area (Å²) in [6, 6.07) is 7.00. The number of nitrogens with zero attached hydrogens (tertiary/aromatic N) is 1. The fourth-order valence-electron chi connectivity index (χ4n) is 2.24. The van der Waals surface area contributed by atoms with Crippen molar-refractivity contribution in [3.63, 3.8) is 0 Å². The molecule has 0 radical (unpaired) electrons. The van der Waals surface area contributed by atoms with Gasteiger partial charge in [0, 0.05) is 17.9 Å². The maximum atomic E-state index is 9.06. The monoisotopic (exact) mass is 385 g/mol. The molecule has 1 unspecified atom stereocenters. The summed E-state index contributed by atoms with van der Waals surface area (Å²) in [5.41, 5.74) is 0.463. The molecule has 140 valence electrons. The largest absolute Gasteiger partial charge is 0.493 e. The zero-order valence-corrected chi connectivity index (χ0v) is 17.0. The zero-order valence-electron chi connectivity index (χ0n) is 15.3. The molecule has 25 heavy (non-hydrogen) atoms. The Morgan fingerprint density at radius 2 is 1.76 bits per heavy atom. The highest BCUT2D eigenvalue weighted by molar-refractivity contribution is 8.07. The molecule has 0 fully saturated rings. The van der Waals surface area contributed by atoms with Crippen LogP contribution in [-0.2, 0) is 20.9 Å². The summed E-state index contributed by atoms with van der Waals surface area (Å²) < 4.78 is 22.5. The van der Waals surface area contributed by atoms with Gasteiger partial charge in [-0.3, -0.25) is 9.05 Å². The van der Waals surface area contributed by atoms with Crippen molar-refractivity contribution in [3.05, 3.63) is 23.8 Å². The van der Waals surface area contributed by atoms with Crippen molar-refractivity contribution >= 4 is 18.5 Å². The van der Waals surface area contributed by atoms with Crippen LogP contribution in [0.25, 0.3) is 0 Å². The van der Waals surface area contributed by atoms with E-state index in [0.29, 0.717) is 30.3 Å². The summed E-state index contributed by atoms with van der Waals surface area (Å²) in [5, 5.41) is 9.06. The van der Waals surface area contributed by atoms with Crippen LogP contribution >= 0.6 is 6.72 Å². The Morgan fingerprint density at radius 3 is 2.40 bits per heavy atom. The lowest BCUT2D eigenvalue weighted by atomic mass is 10.1. The van der Waals surface area contributed by atoms with Gasteiger partial charge in [-0.15, -0.1) is 0 Å². The van der Waals surface area contributed by atoms with E-state index < -0.39 is 6.72 Å². The first-order chi connectivity index (χ1) is 12.1. The maximum Gasteiger partial charge on any atom is 0.380 e. The van der Waals surface area contributed by atoms with Crippen LogP contribution in [0.4, 0.5) is 0 Å². The second kappa shape index (κ2) is 12.3. The summed E-state index contributed by atoms with van der Waals surface area (Å²) in [4.78, 5) is 0. The van der Waals surface area contributed by atoms with E-state index in [1.54, 1.807) is 18.2 Å². The number of rotatable bonds is 13. The van der Waals surface area contributed by atoms with E-state index in [2.05, 4.69) is 13.0 Å². The van der Waals surface area contributed by atoms with Gasteiger partial charge >= 0.3 is 6.72 Å². The molecule has 1 atom stereocenters. The van der Waals surface area contributed by atoms with Crippen molar-refractivity contribution < 1.29 is 18.3 Å². The minimum Gasteiger partial charge on any atom is -0.493 e. The highest BCUT2D eigenvalue weighted by Crippen LogP contribution is 2.52. The Bertz CT molecular complexity index is 603. The zero-order chi connectivity index (χ0) is 18.5. The predicted octanol–water partition coefficient (Wildman–Crippen LogP) is 5.58. The van der Waals surface area contributed by atoms with Gasteiger partial charge in [-0.05, 0) is 25.5 Å². The van der Waals surface area contributed by atoms with Crippen LogP contribution in [0.15, 0.2) is 18.2 Å². The van der Waals surface area contributed by atoms with E-state index in [1.807, 2.05) is 6.92 Å². The number of methoxy groups -OCH3 is 1. The molecule has 1 rings (SSSR count). The van der Waals surface area contributed by atoms with Gasteiger partial charge in [0.05, 0.1) is 32.0 Å². The molecule has 5 nitrogen and oxygen atoms in total. The van der Waals surface area contributed by atoms with Crippen molar-refractivity contribution in [1.82, 2.24) is 0 Å². The lowest BCUT2D eigenvalue weighted by Gasteiger charge is -2.23. The van der Waals surface area contributed by atoms with Gasteiger partial charge in [0.2, 0.25) is 0 Å². The number of unbranched alkanes of at least 4 members (excludes halogenated alkanes) is 5. The van der Waals surface area contributed by atoms with Gasteiger partial charge in [-0.25, -0.2) is 0 Å². The Morgan fingerprint density at radius 1 is 1.04 bits per heavy atom. The molecule has 7 heteroatoms. The van der Waals surface area contributed by atoms with Crippen LogP contribution in [0.1, 0.15) is 57.9 Å². The summed E-state index contributed by atoms with van der Waals surface area (Å²) in [7, 11) is 1.54. The number of hydrogen-bond donors (Lipinski definition) is 0. The van der Waals surface area contributed by atoms with Gasteiger partial charge in [-0.2, -0.15) is 5.26 Å². The van der Waals surface area contributed by atoms with Crippen LogP contribution in [-0.4, -0.2) is 20.3 Å². The average Bonchev–Trinajstić information content (AvgIpc) is 2.61. The second-order valence-corrected chi connectivity index (χ2v) is 8.47. The summed E-state index contributed by atoms with van der Waals surface area (Å²) in [6.07, 6.45) is 7.00. The Kier molecular flexibility index (Phi) is 10.8. The molecule has 0 amide bonds. The van der Waals surface area contributed by atoms with Crippen molar-refractivity contribution in [3.8, 4) is 17.6 Å². The minimum atomic E-state index is -2.93. The van der Waals surface area contributed by atoms with Gasteiger partial charge in [-0.1, -0.05) is 39.0 Å². The third-order valence-corrected chi connectivity index (χ3v) is 5.89. The fraction of sp³-hybridized carbons (Fsp3) is 0.611. The van der Waals surface area contributed by atoms with Gasteiger partial charge < -0.3 is 9.26 Å². The van der Waals surface area contributed by atoms with Crippen LogP contribution < -0.4 is 9.26 Å². The Hall–Kier alpha value is -1.12. The van der Waals surface area contributed by atoms with Crippen LogP contribution in [0.3, 0.4) is 0 Å². The summed E-state index contributed by atoms with van der Waals surface area (Å²) >= 11 is 5.50. The van der Waals surface area contributed by atoms with E-state index in [4.69, 9.17) is 35.4 Å². The van der Waals surface area contributed by atoms with Crippen molar-refractivity contribution in [2.45, 2.75) is 52.4 Å². The number of benzene rings is 1. The Labute approximate surface area is 156 Å². The van der Waals surface area contributed by atoms with E-state index in [9.17, 15) is 0 Å². The molecule has 0 aromatic heterocycles. The molecule has 0 bridgehead atoms. The third-order valence-electron chi connectivity index (χ3n) is 3.54. The molecule has 0 aliphatic rings. The van der Waals surface area contributed by atoms with Gasteiger partial charge in [0.1, 0.15) is 0 Å². The van der Waals surface area contributed by atoms with Crippen LogP contribution in [0, 0.1) is 11.3 Å². The molecular weight excluding hydrogens is 357 g/mol. The fourth-order valence-corrected chi connectivity index (χ4v) is 4.26. The molecule has 1 aromatic carbocycles. The van der Waals surface area contributed by atoms with Crippen LogP contribution in [0.5, 0.6) is 11.5 Å². The molecule has 0 spiro atoms. The molecule has 0 N–H and O–H groups in total. The highest BCUT2D eigenvalue weighted by Gasteiger charge is 2.24. The molecular formula is C18H28NO4PS. The highest BCUT2D eigenvalue weighted by atomic mass is 32.5. The van der Waals surface area contributed by atoms with E-state index in [1.165, 1.54) is 32.8 Å². The predicted molar refractivity (Wildman–Crippen MR) is 104 cm³/mol.